The molecule has 1 amide bonds. The highest BCUT2D eigenvalue weighted by Gasteiger charge is 2.18. The summed E-state index contributed by atoms with van der Waals surface area (Å²) in [5, 5.41) is 3.27. The number of nitrogens with one attached hydrogen (secondary N) is 1. The Morgan fingerprint density at radius 2 is 1.81 bits per heavy atom. The first-order chi connectivity index (χ1) is 12.3. The SMILES string of the molecule is CS(=O)(=O)N(CCNC(=O)Cc1ccc(Cl)cc1)Cc1ccccc1F. The van der Waals surface area contributed by atoms with Gasteiger partial charge in [-0.3, -0.25) is 4.79 Å². The first kappa shape index (κ1) is 20.4. The summed E-state index contributed by atoms with van der Waals surface area (Å²) in [6.07, 6.45) is 1.23. The molecule has 2 aromatic carbocycles. The van der Waals surface area contributed by atoms with Crippen LogP contribution in [0.15, 0.2) is 48.5 Å². The maximum atomic E-state index is 13.8. The van der Waals surface area contributed by atoms with Crippen molar-refractivity contribution in [1.29, 1.82) is 0 Å². The van der Waals surface area contributed by atoms with Gasteiger partial charge in [0.2, 0.25) is 15.9 Å². The lowest BCUT2D eigenvalue weighted by Crippen LogP contribution is -2.38. The van der Waals surface area contributed by atoms with E-state index in [4.69, 9.17) is 11.6 Å². The fourth-order valence-corrected chi connectivity index (χ4v) is 3.27. The second kappa shape index (κ2) is 9.12. The number of benzene rings is 2. The fraction of sp³-hybridized carbons (Fsp3) is 0.278. The maximum Gasteiger partial charge on any atom is 0.224 e. The predicted octanol–water partition coefficient (Wildman–Crippen LogP) is 2.60. The van der Waals surface area contributed by atoms with Crippen LogP contribution in [0.3, 0.4) is 0 Å². The molecule has 2 rings (SSSR count). The van der Waals surface area contributed by atoms with Crippen molar-refractivity contribution < 1.29 is 17.6 Å². The minimum atomic E-state index is -3.54. The van der Waals surface area contributed by atoms with Crippen molar-refractivity contribution in [3.63, 3.8) is 0 Å². The standard InChI is InChI=1S/C18H20ClFN2O3S/c1-26(24,25)22(13-15-4-2-3-5-17(15)20)11-10-21-18(23)12-14-6-8-16(19)9-7-14/h2-9H,10-13H2,1H3,(H,21,23). The van der Waals surface area contributed by atoms with Gasteiger partial charge >= 0.3 is 0 Å². The first-order valence-electron chi connectivity index (χ1n) is 7.95. The van der Waals surface area contributed by atoms with Gasteiger partial charge in [0.1, 0.15) is 5.82 Å². The summed E-state index contributed by atoms with van der Waals surface area (Å²) in [7, 11) is -3.54. The zero-order valence-electron chi connectivity index (χ0n) is 14.3. The Morgan fingerprint density at radius 3 is 2.42 bits per heavy atom. The molecule has 0 fully saturated rings. The minimum Gasteiger partial charge on any atom is -0.354 e. The van der Waals surface area contributed by atoms with Gasteiger partial charge in [-0.25, -0.2) is 12.8 Å². The van der Waals surface area contributed by atoms with Crippen LogP contribution in [0.25, 0.3) is 0 Å². The van der Waals surface area contributed by atoms with Gasteiger partial charge in [0.15, 0.2) is 0 Å². The van der Waals surface area contributed by atoms with Gasteiger partial charge in [-0.2, -0.15) is 4.31 Å². The highest BCUT2D eigenvalue weighted by molar-refractivity contribution is 7.88. The molecule has 0 spiro atoms. The molecule has 0 atom stereocenters. The highest BCUT2D eigenvalue weighted by Crippen LogP contribution is 2.12. The lowest BCUT2D eigenvalue weighted by atomic mass is 10.1. The third-order valence-corrected chi connectivity index (χ3v) is 5.24. The third kappa shape index (κ3) is 6.40. The van der Waals surface area contributed by atoms with Crippen molar-refractivity contribution >= 4 is 27.5 Å². The number of carbonyl (C=O) groups excluding carboxylic acids is 1. The van der Waals surface area contributed by atoms with E-state index in [9.17, 15) is 17.6 Å². The van der Waals surface area contributed by atoms with Crippen LogP contribution >= 0.6 is 11.6 Å². The van der Waals surface area contributed by atoms with Crippen molar-refractivity contribution in [2.24, 2.45) is 0 Å². The largest absolute Gasteiger partial charge is 0.354 e. The number of halogens is 2. The van der Waals surface area contributed by atoms with Crippen LogP contribution in [0.5, 0.6) is 0 Å². The molecule has 0 aromatic heterocycles. The smallest absolute Gasteiger partial charge is 0.224 e. The molecule has 0 aliphatic heterocycles. The molecular weight excluding hydrogens is 379 g/mol. The highest BCUT2D eigenvalue weighted by atomic mass is 35.5. The Labute approximate surface area is 157 Å². The van der Waals surface area contributed by atoms with Crippen molar-refractivity contribution in [2.75, 3.05) is 19.3 Å². The number of rotatable bonds is 8. The van der Waals surface area contributed by atoms with Crippen LogP contribution in [-0.2, 0) is 27.8 Å². The summed E-state index contributed by atoms with van der Waals surface area (Å²) >= 11 is 5.80. The van der Waals surface area contributed by atoms with Gasteiger partial charge in [0, 0.05) is 30.2 Å². The normalized spacial score (nSPS) is 11.5. The van der Waals surface area contributed by atoms with Gasteiger partial charge in [-0.15, -0.1) is 0 Å². The molecule has 26 heavy (non-hydrogen) atoms. The van der Waals surface area contributed by atoms with E-state index in [-0.39, 0.29) is 37.5 Å². The van der Waals surface area contributed by atoms with Crippen LogP contribution < -0.4 is 5.32 Å². The van der Waals surface area contributed by atoms with Crippen molar-refractivity contribution in [2.45, 2.75) is 13.0 Å². The molecule has 0 saturated carbocycles. The molecule has 0 radical (unpaired) electrons. The average Bonchev–Trinajstić information content (AvgIpc) is 2.57. The second-order valence-electron chi connectivity index (χ2n) is 5.84. The van der Waals surface area contributed by atoms with Crippen LogP contribution in [0.1, 0.15) is 11.1 Å². The van der Waals surface area contributed by atoms with Crippen molar-refractivity contribution in [3.05, 3.63) is 70.5 Å². The monoisotopic (exact) mass is 398 g/mol. The van der Waals surface area contributed by atoms with E-state index in [2.05, 4.69) is 5.32 Å². The summed E-state index contributed by atoms with van der Waals surface area (Å²) in [6.45, 7) is 0.103. The molecular formula is C18H20ClFN2O3S. The summed E-state index contributed by atoms with van der Waals surface area (Å²) in [5.74, 6) is -0.695. The van der Waals surface area contributed by atoms with Gasteiger partial charge < -0.3 is 5.32 Å². The second-order valence-corrected chi connectivity index (χ2v) is 8.26. The summed E-state index contributed by atoms with van der Waals surface area (Å²) in [6, 6.07) is 12.9. The molecule has 0 heterocycles. The summed E-state index contributed by atoms with van der Waals surface area (Å²) in [4.78, 5) is 12.0. The number of sulfonamides is 1. The van der Waals surface area contributed by atoms with E-state index in [1.54, 1.807) is 36.4 Å². The van der Waals surface area contributed by atoms with Gasteiger partial charge in [0.25, 0.3) is 0 Å². The zero-order valence-corrected chi connectivity index (χ0v) is 15.9. The Morgan fingerprint density at radius 1 is 1.15 bits per heavy atom. The van der Waals surface area contributed by atoms with E-state index in [0.29, 0.717) is 5.02 Å². The Bertz CT molecular complexity index is 857. The summed E-state index contributed by atoms with van der Waals surface area (Å²) in [5.41, 5.74) is 1.09. The van der Waals surface area contributed by atoms with E-state index in [0.717, 1.165) is 16.1 Å². The van der Waals surface area contributed by atoms with E-state index in [1.165, 1.54) is 12.1 Å². The number of nitrogens with zero attached hydrogens (tertiary/aromatic N) is 1. The Kier molecular flexibility index (Phi) is 7.14. The number of hydrogen-bond donors (Lipinski definition) is 1. The lowest BCUT2D eigenvalue weighted by molar-refractivity contribution is -0.120. The van der Waals surface area contributed by atoms with Gasteiger partial charge in [-0.1, -0.05) is 41.9 Å². The topological polar surface area (TPSA) is 66.5 Å². The fourth-order valence-electron chi connectivity index (χ4n) is 2.35. The van der Waals surface area contributed by atoms with Crippen LogP contribution in [-0.4, -0.2) is 38.0 Å². The van der Waals surface area contributed by atoms with E-state index in [1.807, 2.05) is 0 Å². The molecule has 8 heteroatoms. The van der Waals surface area contributed by atoms with Crippen molar-refractivity contribution in [1.82, 2.24) is 9.62 Å². The van der Waals surface area contributed by atoms with Crippen LogP contribution in [0, 0.1) is 5.82 Å². The molecule has 2 aromatic rings. The first-order valence-corrected chi connectivity index (χ1v) is 10.2. The van der Waals surface area contributed by atoms with E-state index < -0.39 is 15.8 Å². The number of carbonyl (C=O) groups is 1. The minimum absolute atomic E-state index is 0.0551. The van der Waals surface area contributed by atoms with E-state index >= 15 is 0 Å². The molecule has 1 N–H and O–H groups in total. The number of amides is 1. The Balaban J connectivity index is 1.90. The molecule has 0 saturated heterocycles. The molecule has 140 valence electrons. The zero-order chi connectivity index (χ0) is 19.2. The molecule has 0 unspecified atom stereocenters. The average molecular weight is 399 g/mol. The van der Waals surface area contributed by atoms with Gasteiger partial charge in [0.05, 0.1) is 12.7 Å². The molecule has 0 bridgehead atoms. The third-order valence-electron chi connectivity index (χ3n) is 3.73. The number of hydrogen-bond acceptors (Lipinski definition) is 3. The Hall–Kier alpha value is -1.96. The van der Waals surface area contributed by atoms with Gasteiger partial charge in [-0.05, 0) is 23.8 Å². The molecule has 0 aliphatic carbocycles. The van der Waals surface area contributed by atoms with Crippen LogP contribution in [0.4, 0.5) is 4.39 Å². The molecule has 5 nitrogen and oxygen atoms in total. The summed E-state index contributed by atoms with van der Waals surface area (Å²) < 4.78 is 38.7. The maximum absolute atomic E-state index is 13.8. The molecule has 0 aliphatic rings. The van der Waals surface area contributed by atoms with Crippen LogP contribution in [0.2, 0.25) is 5.02 Å². The lowest BCUT2D eigenvalue weighted by Gasteiger charge is -2.20. The quantitative estimate of drug-likeness (QED) is 0.743. The predicted molar refractivity (Wildman–Crippen MR) is 99.8 cm³/mol. The van der Waals surface area contributed by atoms with Crippen molar-refractivity contribution in [3.8, 4) is 0 Å².